The Labute approximate surface area is 129 Å². The fourth-order valence-corrected chi connectivity index (χ4v) is 2.70. The maximum Gasteiger partial charge on any atom is 0.339 e. The van der Waals surface area contributed by atoms with Crippen LogP contribution in [0.2, 0.25) is 5.02 Å². The molecule has 0 bridgehead atoms. The molecule has 0 heterocycles. The van der Waals surface area contributed by atoms with Crippen LogP contribution in [0.15, 0.2) is 30.0 Å². The van der Waals surface area contributed by atoms with Crippen LogP contribution in [0.1, 0.15) is 36.5 Å². The normalized spacial score (nSPS) is 18.1. The zero-order valence-electron chi connectivity index (χ0n) is 12.1. The number of ether oxygens (including phenoxy) is 1. The molecule has 2 rings (SSSR count). The Hall–Kier alpha value is -1.81. The van der Waals surface area contributed by atoms with Crippen LogP contribution in [0.4, 0.5) is 5.69 Å². The van der Waals surface area contributed by atoms with Crippen LogP contribution < -0.4 is 5.32 Å². The van der Waals surface area contributed by atoms with E-state index in [1.807, 2.05) is 0 Å². The van der Waals surface area contributed by atoms with Crippen molar-refractivity contribution in [2.45, 2.75) is 26.2 Å². The SMILES string of the molecule is CCC1CCC(=O)C=C1Nc1cccc(C(=O)OC)c1Cl. The van der Waals surface area contributed by atoms with E-state index in [4.69, 9.17) is 16.3 Å². The number of benzene rings is 1. The third-order valence-electron chi connectivity index (χ3n) is 3.67. The minimum Gasteiger partial charge on any atom is -0.465 e. The van der Waals surface area contributed by atoms with E-state index in [1.165, 1.54) is 7.11 Å². The van der Waals surface area contributed by atoms with Gasteiger partial charge in [0.05, 0.1) is 23.4 Å². The molecule has 0 saturated carbocycles. The van der Waals surface area contributed by atoms with Crippen molar-refractivity contribution < 1.29 is 14.3 Å². The van der Waals surface area contributed by atoms with Crippen LogP contribution in [-0.4, -0.2) is 18.9 Å². The molecule has 0 aliphatic heterocycles. The van der Waals surface area contributed by atoms with Gasteiger partial charge in [-0.1, -0.05) is 24.6 Å². The van der Waals surface area contributed by atoms with Gasteiger partial charge in [0.2, 0.25) is 0 Å². The Morgan fingerprint density at radius 1 is 1.48 bits per heavy atom. The maximum absolute atomic E-state index is 11.6. The predicted molar refractivity (Wildman–Crippen MR) is 82.5 cm³/mol. The number of esters is 1. The second-order valence-corrected chi connectivity index (χ2v) is 5.37. The molecule has 4 nitrogen and oxygen atoms in total. The fraction of sp³-hybridized carbons (Fsp3) is 0.375. The molecule has 1 N–H and O–H groups in total. The van der Waals surface area contributed by atoms with E-state index in [0.29, 0.717) is 28.6 Å². The zero-order valence-corrected chi connectivity index (χ0v) is 12.9. The Morgan fingerprint density at radius 2 is 2.24 bits per heavy atom. The second-order valence-electron chi connectivity index (χ2n) is 4.99. The quantitative estimate of drug-likeness (QED) is 0.859. The van der Waals surface area contributed by atoms with E-state index in [0.717, 1.165) is 18.5 Å². The molecule has 1 atom stereocenters. The first-order valence-corrected chi connectivity index (χ1v) is 7.32. The van der Waals surface area contributed by atoms with E-state index in [1.54, 1.807) is 24.3 Å². The molecule has 1 aliphatic carbocycles. The van der Waals surface area contributed by atoms with Gasteiger partial charge in [0.15, 0.2) is 5.78 Å². The van der Waals surface area contributed by atoms with E-state index < -0.39 is 5.97 Å². The molecule has 1 aromatic carbocycles. The Kier molecular flexibility index (Phi) is 5.02. The standard InChI is InChI=1S/C16H18ClNO3/c1-3-10-7-8-11(19)9-14(10)18-13-6-4-5-12(15(13)17)16(20)21-2/h4-6,9-10,18H,3,7-8H2,1-2H3. The number of carbonyl (C=O) groups is 2. The number of rotatable bonds is 4. The summed E-state index contributed by atoms with van der Waals surface area (Å²) in [5.41, 5.74) is 1.77. The number of ketones is 1. The number of methoxy groups -OCH3 is 1. The summed E-state index contributed by atoms with van der Waals surface area (Å²) in [6.45, 7) is 2.09. The van der Waals surface area contributed by atoms with Crippen molar-refractivity contribution in [2.24, 2.45) is 5.92 Å². The first-order chi connectivity index (χ1) is 10.1. The van der Waals surface area contributed by atoms with Gasteiger partial charge < -0.3 is 10.1 Å². The van der Waals surface area contributed by atoms with E-state index in [2.05, 4.69) is 12.2 Å². The molecule has 1 aromatic rings. The molecule has 1 aliphatic rings. The first kappa shape index (κ1) is 15.6. The van der Waals surface area contributed by atoms with E-state index in [-0.39, 0.29) is 5.78 Å². The van der Waals surface area contributed by atoms with Crippen molar-refractivity contribution >= 4 is 29.0 Å². The van der Waals surface area contributed by atoms with Crippen molar-refractivity contribution in [2.75, 3.05) is 12.4 Å². The summed E-state index contributed by atoms with van der Waals surface area (Å²) in [4.78, 5) is 23.3. The summed E-state index contributed by atoms with van der Waals surface area (Å²) in [5.74, 6) is -0.0626. The van der Waals surface area contributed by atoms with Crippen LogP contribution in [0.3, 0.4) is 0 Å². The summed E-state index contributed by atoms with van der Waals surface area (Å²) in [6, 6.07) is 5.12. The topological polar surface area (TPSA) is 55.4 Å². The molecular formula is C16H18ClNO3. The van der Waals surface area contributed by atoms with E-state index in [9.17, 15) is 9.59 Å². The van der Waals surface area contributed by atoms with Crippen LogP contribution in [0, 0.1) is 5.92 Å². The Morgan fingerprint density at radius 3 is 2.90 bits per heavy atom. The number of hydrogen-bond acceptors (Lipinski definition) is 4. The van der Waals surface area contributed by atoms with Crippen LogP contribution >= 0.6 is 11.6 Å². The van der Waals surface area contributed by atoms with Gasteiger partial charge in [-0.15, -0.1) is 0 Å². The predicted octanol–water partition coefficient (Wildman–Crippen LogP) is 3.81. The van der Waals surface area contributed by atoms with Crippen molar-refractivity contribution in [3.63, 3.8) is 0 Å². The molecule has 0 aromatic heterocycles. The highest BCUT2D eigenvalue weighted by molar-refractivity contribution is 6.36. The molecule has 0 spiro atoms. The van der Waals surface area contributed by atoms with Crippen molar-refractivity contribution in [3.8, 4) is 0 Å². The summed E-state index contributed by atoms with van der Waals surface area (Å²) < 4.78 is 4.70. The number of hydrogen-bond donors (Lipinski definition) is 1. The number of nitrogens with one attached hydrogen (secondary N) is 1. The lowest BCUT2D eigenvalue weighted by Crippen LogP contribution is -2.19. The smallest absolute Gasteiger partial charge is 0.339 e. The molecule has 112 valence electrons. The maximum atomic E-state index is 11.6. The van der Waals surface area contributed by atoms with Gasteiger partial charge in [0.1, 0.15) is 0 Å². The molecule has 1 unspecified atom stereocenters. The van der Waals surface area contributed by atoms with Crippen molar-refractivity contribution in [1.29, 1.82) is 0 Å². The van der Waals surface area contributed by atoms with Gasteiger partial charge in [-0.25, -0.2) is 4.79 Å². The minimum atomic E-state index is -0.482. The summed E-state index contributed by atoms with van der Waals surface area (Å²) in [6.07, 6.45) is 4.00. The lowest BCUT2D eigenvalue weighted by molar-refractivity contribution is -0.115. The molecule has 0 fully saturated rings. The highest BCUT2D eigenvalue weighted by atomic mass is 35.5. The minimum absolute atomic E-state index is 0.113. The average molecular weight is 308 g/mol. The monoisotopic (exact) mass is 307 g/mol. The number of anilines is 1. The van der Waals surface area contributed by atoms with E-state index >= 15 is 0 Å². The summed E-state index contributed by atoms with van der Waals surface area (Å²) in [7, 11) is 1.31. The van der Waals surface area contributed by atoms with Gasteiger partial charge in [0.25, 0.3) is 0 Å². The summed E-state index contributed by atoms with van der Waals surface area (Å²) in [5, 5.41) is 3.50. The van der Waals surface area contributed by atoms with Gasteiger partial charge in [-0.2, -0.15) is 0 Å². The van der Waals surface area contributed by atoms with Crippen LogP contribution in [-0.2, 0) is 9.53 Å². The van der Waals surface area contributed by atoms with Crippen molar-refractivity contribution in [1.82, 2.24) is 0 Å². The Bertz CT molecular complexity index is 595. The van der Waals surface area contributed by atoms with Gasteiger partial charge in [-0.3, -0.25) is 4.79 Å². The second kappa shape index (κ2) is 6.76. The lowest BCUT2D eigenvalue weighted by Gasteiger charge is -2.24. The third kappa shape index (κ3) is 3.45. The first-order valence-electron chi connectivity index (χ1n) is 6.95. The third-order valence-corrected chi connectivity index (χ3v) is 4.08. The highest BCUT2D eigenvalue weighted by Crippen LogP contribution is 2.32. The number of halogens is 1. The molecule has 0 saturated heterocycles. The summed E-state index contributed by atoms with van der Waals surface area (Å²) >= 11 is 6.25. The lowest BCUT2D eigenvalue weighted by atomic mass is 9.89. The Balaban J connectivity index is 2.31. The molecule has 21 heavy (non-hydrogen) atoms. The van der Waals surface area contributed by atoms with Gasteiger partial charge >= 0.3 is 5.97 Å². The number of allylic oxidation sites excluding steroid dienone is 2. The average Bonchev–Trinajstić information content (AvgIpc) is 2.49. The largest absolute Gasteiger partial charge is 0.465 e. The van der Waals surface area contributed by atoms with Crippen LogP contribution in [0.5, 0.6) is 0 Å². The van der Waals surface area contributed by atoms with Gasteiger partial charge in [0, 0.05) is 18.2 Å². The molecular weight excluding hydrogens is 290 g/mol. The molecule has 0 amide bonds. The highest BCUT2D eigenvalue weighted by Gasteiger charge is 2.22. The molecule has 0 radical (unpaired) electrons. The number of carbonyl (C=O) groups excluding carboxylic acids is 2. The fourth-order valence-electron chi connectivity index (χ4n) is 2.45. The van der Waals surface area contributed by atoms with Crippen LogP contribution in [0.25, 0.3) is 0 Å². The molecule has 5 heteroatoms. The zero-order chi connectivity index (χ0) is 15.4. The van der Waals surface area contributed by atoms with Gasteiger partial charge in [-0.05, 0) is 30.9 Å². The van der Waals surface area contributed by atoms with Crippen molar-refractivity contribution in [3.05, 3.63) is 40.6 Å².